The number of hydrogen-bond donors (Lipinski definition) is 3. The second-order valence-electron chi connectivity index (χ2n) is 9.11. The Hall–Kier alpha value is -4.88. The summed E-state index contributed by atoms with van der Waals surface area (Å²) in [4.78, 5) is 74.0. The number of benzene rings is 2. The minimum absolute atomic E-state index is 0.0344. The number of esters is 1. The summed E-state index contributed by atoms with van der Waals surface area (Å²) in [6.45, 7) is 1.56. The summed E-state index contributed by atoms with van der Waals surface area (Å²) in [6.07, 6.45) is 2.80. The molecule has 0 atom stereocenters. The maximum atomic E-state index is 12.9. The van der Waals surface area contributed by atoms with Gasteiger partial charge in [0, 0.05) is 17.3 Å². The molecule has 1 aliphatic rings. The second-order valence-corrected chi connectivity index (χ2v) is 10.5. The lowest BCUT2D eigenvalue weighted by atomic mass is 10.0. The number of unbranched alkanes of at least 4 members (excludes halogenated alkanes) is 1. The molecule has 0 bridgehead atoms. The predicted molar refractivity (Wildman–Crippen MR) is 156 cm³/mol. The van der Waals surface area contributed by atoms with E-state index in [1.807, 2.05) is 6.92 Å². The Bertz CT molecular complexity index is 1650. The Labute approximate surface area is 253 Å². The number of ether oxygens (including phenoxy) is 1. The molecular weight excluding hydrogens is 604 g/mol. The van der Waals surface area contributed by atoms with Crippen molar-refractivity contribution in [2.45, 2.75) is 19.8 Å². The number of thioether (sulfide) groups is 1. The summed E-state index contributed by atoms with van der Waals surface area (Å²) < 4.78 is 10.8. The Morgan fingerprint density at radius 3 is 2.37 bits per heavy atom. The number of carbonyl (C=O) groups is 6. The monoisotopic (exact) mass is 626 g/mol. The lowest BCUT2D eigenvalue weighted by molar-refractivity contribution is -0.127. The van der Waals surface area contributed by atoms with Crippen LogP contribution in [-0.4, -0.2) is 63.2 Å². The normalized spacial score (nSPS) is 13.8. The van der Waals surface area contributed by atoms with Gasteiger partial charge in [-0.15, -0.1) is 0 Å². The maximum absolute atomic E-state index is 12.9. The molecule has 2 heterocycles. The van der Waals surface area contributed by atoms with Gasteiger partial charge in [-0.3, -0.25) is 19.3 Å². The smallest absolute Gasteiger partial charge is 0.339 e. The van der Waals surface area contributed by atoms with E-state index in [0.717, 1.165) is 17.4 Å². The van der Waals surface area contributed by atoms with Crippen LogP contribution >= 0.6 is 23.4 Å². The van der Waals surface area contributed by atoms with Crippen molar-refractivity contribution in [2.24, 2.45) is 0 Å². The minimum Gasteiger partial charge on any atom is -0.478 e. The zero-order valence-electron chi connectivity index (χ0n) is 22.4. The van der Waals surface area contributed by atoms with E-state index in [1.54, 1.807) is 0 Å². The lowest BCUT2D eigenvalue weighted by Crippen LogP contribution is -2.36. The van der Waals surface area contributed by atoms with Gasteiger partial charge in [0.2, 0.25) is 5.91 Å². The molecule has 3 aromatic rings. The number of carboxylic acid groups (broad SMARTS) is 2. The third kappa shape index (κ3) is 7.50. The Morgan fingerprint density at radius 1 is 1.02 bits per heavy atom. The first kappa shape index (κ1) is 31.1. The number of hydrogen-bond acceptors (Lipinski definition) is 9. The van der Waals surface area contributed by atoms with Gasteiger partial charge in [-0.1, -0.05) is 24.9 Å². The zero-order chi connectivity index (χ0) is 31.3. The number of halogens is 1. The van der Waals surface area contributed by atoms with E-state index in [1.165, 1.54) is 48.5 Å². The first-order valence-corrected chi connectivity index (χ1v) is 13.9. The third-order valence-corrected chi connectivity index (χ3v) is 7.22. The predicted octanol–water partition coefficient (Wildman–Crippen LogP) is 5.63. The average molecular weight is 627 g/mol. The van der Waals surface area contributed by atoms with Gasteiger partial charge < -0.3 is 24.7 Å². The summed E-state index contributed by atoms with van der Waals surface area (Å²) >= 11 is 6.68. The number of nitrogens with one attached hydrogen (secondary N) is 1. The molecule has 0 saturated carbocycles. The molecule has 222 valence electrons. The fraction of sp³-hybridized carbons (Fsp3) is 0.172. The molecule has 0 unspecified atom stereocenters. The number of nitrogens with zero attached hydrogens (tertiary/aromatic N) is 1. The number of aromatic carboxylic acids is 2. The maximum Gasteiger partial charge on any atom is 0.339 e. The van der Waals surface area contributed by atoms with Crippen LogP contribution in [0.3, 0.4) is 0 Å². The lowest BCUT2D eigenvalue weighted by Gasteiger charge is -2.13. The summed E-state index contributed by atoms with van der Waals surface area (Å²) in [5.41, 5.74) is -0.0684. The Balaban J connectivity index is 1.45. The van der Waals surface area contributed by atoms with Crippen LogP contribution in [0.2, 0.25) is 5.02 Å². The summed E-state index contributed by atoms with van der Waals surface area (Å²) in [5, 5.41) is 20.6. The Morgan fingerprint density at radius 2 is 1.72 bits per heavy atom. The first-order valence-electron chi connectivity index (χ1n) is 12.7. The van der Waals surface area contributed by atoms with Crippen LogP contribution in [-0.2, 0) is 14.3 Å². The summed E-state index contributed by atoms with van der Waals surface area (Å²) in [5.74, 6) is -4.49. The van der Waals surface area contributed by atoms with Crippen molar-refractivity contribution >= 4 is 70.1 Å². The molecule has 1 saturated heterocycles. The van der Waals surface area contributed by atoms with Crippen molar-refractivity contribution in [1.29, 1.82) is 0 Å². The molecule has 14 heteroatoms. The fourth-order valence-electron chi connectivity index (χ4n) is 3.86. The SMILES string of the molecule is CCCCOC(=O)c1cc(NC(=O)CN2C(=O)S/C(=C/c3ccc(-c4cc(C(=O)O)cc(C(=O)O)c4)o3)C2=O)ccc1Cl. The van der Waals surface area contributed by atoms with Crippen LogP contribution in [0.1, 0.15) is 56.6 Å². The third-order valence-electron chi connectivity index (χ3n) is 5.99. The molecule has 1 aromatic heterocycles. The van der Waals surface area contributed by atoms with Gasteiger partial charge in [0.15, 0.2) is 0 Å². The van der Waals surface area contributed by atoms with Gasteiger partial charge >= 0.3 is 17.9 Å². The van der Waals surface area contributed by atoms with E-state index < -0.39 is 41.5 Å². The van der Waals surface area contributed by atoms with Crippen LogP contribution in [0.4, 0.5) is 10.5 Å². The molecule has 3 amide bonds. The summed E-state index contributed by atoms with van der Waals surface area (Å²) in [6, 6.07) is 10.6. The zero-order valence-corrected chi connectivity index (χ0v) is 24.0. The van der Waals surface area contributed by atoms with Crippen molar-refractivity contribution in [2.75, 3.05) is 18.5 Å². The number of furan rings is 1. The van der Waals surface area contributed by atoms with Crippen LogP contribution < -0.4 is 5.32 Å². The van der Waals surface area contributed by atoms with E-state index in [4.69, 9.17) is 20.8 Å². The molecule has 0 spiro atoms. The highest BCUT2D eigenvalue weighted by Crippen LogP contribution is 2.34. The van der Waals surface area contributed by atoms with Gasteiger partial charge in [-0.05, 0) is 66.7 Å². The van der Waals surface area contributed by atoms with Gasteiger partial charge in [0.1, 0.15) is 18.1 Å². The van der Waals surface area contributed by atoms with E-state index in [2.05, 4.69) is 5.32 Å². The molecule has 43 heavy (non-hydrogen) atoms. The number of imide groups is 1. The molecule has 3 N–H and O–H groups in total. The van der Waals surface area contributed by atoms with Gasteiger partial charge in [0.25, 0.3) is 11.1 Å². The average Bonchev–Trinajstić information content (AvgIpc) is 3.54. The molecule has 1 fully saturated rings. The first-order chi connectivity index (χ1) is 20.5. The number of anilines is 1. The molecule has 12 nitrogen and oxygen atoms in total. The van der Waals surface area contributed by atoms with Crippen LogP contribution in [0.15, 0.2) is 57.9 Å². The fourth-order valence-corrected chi connectivity index (χ4v) is 4.87. The van der Waals surface area contributed by atoms with Crippen molar-refractivity contribution < 1.29 is 48.1 Å². The molecule has 1 aliphatic heterocycles. The summed E-state index contributed by atoms with van der Waals surface area (Å²) in [7, 11) is 0. The molecular formula is C29H23ClN2O10S. The van der Waals surface area contributed by atoms with Crippen LogP contribution in [0.5, 0.6) is 0 Å². The van der Waals surface area contributed by atoms with Crippen molar-refractivity contribution in [1.82, 2.24) is 4.90 Å². The minimum atomic E-state index is -1.32. The standard InChI is InChI=1S/C29H23ClN2O10S/c1-2-3-8-41-28(39)20-12-18(4-6-21(20)30)31-24(33)14-32-25(34)23(43-29(32)40)13-19-5-7-22(42-19)15-9-16(26(35)36)11-17(10-15)27(37)38/h4-7,9-13H,2-3,8,14H2,1H3,(H,31,33)(H,35,36)(H,37,38)/b23-13+. The van der Waals surface area contributed by atoms with Crippen molar-refractivity contribution in [3.05, 3.63) is 80.9 Å². The highest BCUT2D eigenvalue weighted by Gasteiger charge is 2.36. The van der Waals surface area contributed by atoms with Gasteiger partial charge in [-0.25, -0.2) is 14.4 Å². The van der Waals surface area contributed by atoms with Crippen molar-refractivity contribution in [3.63, 3.8) is 0 Å². The molecule has 0 aliphatic carbocycles. The molecule has 4 rings (SSSR count). The number of carbonyl (C=O) groups excluding carboxylic acids is 4. The van der Waals surface area contributed by atoms with Crippen molar-refractivity contribution in [3.8, 4) is 11.3 Å². The van der Waals surface area contributed by atoms with E-state index in [0.29, 0.717) is 18.2 Å². The highest BCUT2D eigenvalue weighted by atomic mass is 35.5. The topological polar surface area (TPSA) is 181 Å². The quantitative estimate of drug-likeness (QED) is 0.136. The highest BCUT2D eigenvalue weighted by molar-refractivity contribution is 8.18. The molecule has 0 radical (unpaired) electrons. The number of amides is 3. The van der Waals surface area contributed by atoms with E-state index in [9.17, 15) is 39.0 Å². The largest absolute Gasteiger partial charge is 0.478 e. The Kier molecular flexibility index (Phi) is 9.68. The van der Waals surface area contributed by atoms with E-state index in [-0.39, 0.29) is 56.0 Å². The second kappa shape index (κ2) is 13.4. The van der Waals surface area contributed by atoms with Gasteiger partial charge in [0.05, 0.1) is 33.2 Å². The van der Waals surface area contributed by atoms with Crippen LogP contribution in [0, 0.1) is 0 Å². The van der Waals surface area contributed by atoms with Gasteiger partial charge in [-0.2, -0.15) is 0 Å². The number of carboxylic acids is 2. The van der Waals surface area contributed by atoms with E-state index >= 15 is 0 Å². The van der Waals surface area contributed by atoms with Crippen LogP contribution in [0.25, 0.3) is 17.4 Å². The number of rotatable bonds is 11. The molecule has 2 aromatic carbocycles.